The minimum atomic E-state index is -3.97. The van der Waals surface area contributed by atoms with E-state index in [9.17, 15) is 13.2 Å². The number of aromatic nitrogens is 1. The predicted molar refractivity (Wildman–Crippen MR) is 168 cm³/mol. The van der Waals surface area contributed by atoms with Gasteiger partial charge in [-0.05, 0) is 83.6 Å². The lowest BCUT2D eigenvalue weighted by atomic mass is 9.59. The molecule has 3 aromatic carbocycles. The van der Waals surface area contributed by atoms with Crippen LogP contribution in [0.15, 0.2) is 102 Å². The maximum absolute atomic E-state index is 14.8. The van der Waals surface area contributed by atoms with Crippen LogP contribution >= 0.6 is 0 Å². The molecule has 2 heterocycles. The number of benzene rings is 3. The monoisotopic (exact) mass is 583 g/mol. The minimum Gasteiger partial charge on any atom is -0.400 e. The van der Waals surface area contributed by atoms with Gasteiger partial charge in [0.05, 0.1) is 21.6 Å². The van der Waals surface area contributed by atoms with Crippen molar-refractivity contribution in [2.24, 2.45) is 5.41 Å². The summed E-state index contributed by atoms with van der Waals surface area (Å²) in [7, 11) is -4.77. The molecule has 0 amide bonds. The quantitative estimate of drug-likeness (QED) is 0.154. The van der Waals surface area contributed by atoms with Crippen molar-refractivity contribution < 1.29 is 22.5 Å². The van der Waals surface area contributed by atoms with Crippen molar-refractivity contribution >= 4 is 33.8 Å². The number of allylic oxidation sites excluding steroid dienone is 1. The lowest BCUT2D eigenvalue weighted by Crippen LogP contribution is -2.41. The summed E-state index contributed by atoms with van der Waals surface area (Å²) in [6.07, 6.45) is 2.51. The molecule has 42 heavy (non-hydrogen) atoms. The highest BCUT2D eigenvalue weighted by atomic mass is 32.2. The molecule has 1 fully saturated rings. The van der Waals surface area contributed by atoms with Gasteiger partial charge in [0.2, 0.25) is 0 Å². The van der Waals surface area contributed by atoms with Crippen LogP contribution in [0.25, 0.3) is 10.9 Å². The van der Waals surface area contributed by atoms with Crippen LogP contribution in [0.3, 0.4) is 0 Å². The lowest BCUT2D eigenvalue weighted by molar-refractivity contribution is 0.00578. The highest BCUT2D eigenvalue weighted by molar-refractivity contribution is 7.90. The molecule has 1 aromatic heterocycles. The molecule has 1 aliphatic rings. The number of hydrogen-bond acceptors (Lipinski definition) is 5. The van der Waals surface area contributed by atoms with Gasteiger partial charge < -0.3 is 9.31 Å². The van der Waals surface area contributed by atoms with Gasteiger partial charge in [-0.2, -0.15) is 0 Å². The van der Waals surface area contributed by atoms with E-state index in [1.807, 2.05) is 77.9 Å². The van der Waals surface area contributed by atoms with Crippen molar-refractivity contribution in [3.63, 3.8) is 0 Å². The van der Waals surface area contributed by atoms with Crippen molar-refractivity contribution in [2.75, 3.05) is 0 Å². The Hall–Kier alpha value is -3.46. The molecule has 0 bridgehead atoms. The number of ketones is 1. The van der Waals surface area contributed by atoms with Crippen LogP contribution in [0, 0.1) is 12.3 Å². The molecule has 1 aliphatic heterocycles. The Kier molecular flexibility index (Phi) is 7.63. The summed E-state index contributed by atoms with van der Waals surface area (Å²) >= 11 is 0. The Bertz CT molecular complexity index is 1740. The number of nitrogens with zero attached hydrogens (tertiary/aromatic N) is 1. The van der Waals surface area contributed by atoms with E-state index < -0.39 is 33.8 Å². The van der Waals surface area contributed by atoms with Gasteiger partial charge in [0.1, 0.15) is 0 Å². The zero-order valence-electron chi connectivity index (χ0n) is 25.2. The van der Waals surface area contributed by atoms with Crippen LogP contribution in [0.4, 0.5) is 0 Å². The van der Waals surface area contributed by atoms with Gasteiger partial charge in [0.25, 0.3) is 10.0 Å². The smallest absolute Gasteiger partial charge is 0.400 e. The Morgan fingerprint density at radius 2 is 1.48 bits per heavy atom. The zero-order chi connectivity index (χ0) is 30.5. The van der Waals surface area contributed by atoms with Crippen LogP contribution < -0.4 is 0 Å². The number of carbonyl (C=O) groups is 1. The molecule has 0 unspecified atom stereocenters. The number of carbonyl (C=O) groups excluding carboxylic acids is 1. The van der Waals surface area contributed by atoms with Crippen LogP contribution in [0.5, 0.6) is 0 Å². The third-order valence-corrected chi connectivity index (χ3v) is 10.7. The van der Waals surface area contributed by atoms with Crippen molar-refractivity contribution in [3.8, 4) is 0 Å². The normalized spacial score (nSPS) is 17.7. The largest absolute Gasteiger partial charge is 0.490 e. The topological polar surface area (TPSA) is 74.6 Å². The third kappa shape index (κ3) is 5.17. The molecule has 6 nitrogen and oxygen atoms in total. The summed E-state index contributed by atoms with van der Waals surface area (Å²) in [5.74, 6) is -0.229. The minimum absolute atomic E-state index is 0.154. The Morgan fingerprint density at radius 3 is 2.10 bits per heavy atom. The third-order valence-electron chi connectivity index (χ3n) is 9.00. The second kappa shape index (κ2) is 10.7. The predicted octanol–water partition coefficient (Wildman–Crippen LogP) is 7.20. The maximum atomic E-state index is 14.8. The maximum Gasteiger partial charge on any atom is 0.490 e. The van der Waals surface area contributed by atoms with Gasteiger partial charge in [-0.25, -0.2) is 12.4 Å². The molecule has 0 aliphatic carbocycles. The SMILES string of the molecule is C=C(B1OC(C)(C)C(C)(C)O1)[C@@](C)(CCc1ccccc1)C(=O)c1cn(S(=O)(=O)c2ccc(C)cc2)c2ccccc12. The van der Waals surface area contributed by atoms with Crippen LogP contribution in [0.1, 0.15) is 62.5 Å². The molecular formula is C34H38BNO5S. The first-order valence-electron chi connectivity index (χ1n) is 14.2. The first kappa shape index (κ1) is 30.0. The Morgan fingerprint density at radius 1 is 0.905 bits per heavy atom. The van der Waals surface area contributed by atoms with Gasteiger partial charge in [-0.15, -0.1) is 6.58 Å². The van der Waals surface area contributed by atoms with Gasteiger partial charge in [-0.3, -0.25) is 4.79 Å². The summed E-state index contributed by atoms with van der Waals surface area (Å²) in [6.45, 7) is 16.0. The molecule has 0 N–H and O–H groups in total. The van der Waals surface area contributed by atoms with Crippen LogP contribution in [-0.2, 0) is 25.8 Å². The highest BCUT2D eigenvalue weighted by Crippen LogP contribution is 2.45. The van der Waals surface area contributed by atoms with E-state index in [4.69, 9.17) is 9.31 Å². The second-order valence-electron chi connectivity index (χ2n) is 12.4. The average molecular weight is 584 g/mol. The summed E-state index contributed by atoms with van der Waals surface area (Å²) in [5, 5.41) is 0.561. The number of rotatable bonds is 9. The molecule has 0 saturated carbocycles. The van der Waals surface area contributed by atoms with Gasteiger partial charge in [0, 0.05) is 22.6 Å². The van der Waals surface area contributed by atoms with E-state index in [1.165, 1.54) is 10.2 Å². The van der Waals surface area contributed by atoms with Crippen molar-refractivity contribution in [2.45, 2.75) is 70.5 Å². The number of aryl methyl sites for hydroxylation is 2. The lowest BCUT2D eigenvalue weighted by Gasteiger charge is -2.32. The number of hydrogen-bond donors (Lipinski definition) is 0. The second-order valence-corrected chi connectivity index (χ2v) is 14.2. The molecule has 0 radical (unpaired) electrons. The fourth-order valence-electron chi connectivity index (χ4n) is 5.36. The highest BCUT2D eigenvalue weighted by Gasteiger charge is 2.56. The Labute approximate surface area is 249 Å². The van der Waals surface area contributed by atoms with E-state index in [0.29, 0.717) is 34.8 Å². The van der Waals surface area contributed by atoms with Gasteiger partial charge >= 0.3 is 7.12 Å². The Balaban J connectivity index is 1.61. The van der Waals surface area contributed by atoms with E-state index >= 15 is 0 Å². The fourth-order valence-corrected chi connectivity index (χ4v) is 6.72. The summed E-state index contributed by atoms with van der Waals surface area (Å²) < 4.78 is 41.6. The van der Waals surface area contributed by atoms with E-state index in [1.54, 1.807) is 42.5 Å². The first-order valence-corrected chi connectivity index (χ1v) is 15.7. The molecule has 218 valence electrons. The van der Waals surface area contributed by atoms with Gasteiger partial charge in [0.15, 0.2) is 5.78 Å². The molecule has 4 aromatic rings. The van der Waals surface area contributed by atoms with E-state index in [0.717, 1.165) is 11.1 Å². The molecule has 8 heteroatoms. The summed E-state index contributed by atoms with van der Waals surface area (Å²) in [4.78, 5) is 14.9. The van der Waals surface area contributed by atoms with Crippen molar-refractivity contribution in [1.29, 1.82) is 0 Å². The standard InChI is InChI=1S/C34H38BNO5S/c1-24-17-19-27(20-18-24)42(38,39)36-23-29(28-15-11-12-16-30(28)36)31(37)34(7,22-21-26-13-9-8-10-14-26)25(2)35-40-32(3,4)33(5,6)41-35/h8-20,23H,2,21-22H2,1,3-7H3/t34-/m1/s1. The summed E-state index contributed by atoms with van der Waals surface area (Å²) in [5.41, 5.74) is 0.965. The van der Waals surface area contributed by atoms with Crippen molar-refractivity contribution in [3.05, 3.63) is 114 Å². The first-order chi connectivity index (χ1) is 19.7. The number of para-hydroxylation sites is 1. The van der Waals surface area contributed by atoms with E-state index in [-0.39, 0.29) is 10.7 Å². The molecule has 1 saturated heterocycles. The molecular weight excluding hydrogens is 545 g/mol. The number of fused-ring (bicyclic) bond motifs is 1. The van der Waals surface area contributed by atoms with Crippen LogP contribution in [-0.4, -0.2) is 36.5 Å². The van der Waals surface area contributed by atoms with Crippen LogP contribution in [0.2, 0.25) is 0 Å². The van der Waals surface area contributed by atoms with Gasteiger partial charge in [-0.1, -0.05) is 66.2 Å². The molecule has 1 atom stereocenters. The molecule has 0 spiro atoms. The van der Waals surface area contributed by atoms with Crippen molar-refractivity contribution in [1.82, 2.24) is 3.97 Å². The average Bonchev–Trinajstić information content (AvgIpc) is 3.45. The summed E-state index contributed by atoms with van der Waals surface area (Å²) in [6, 6.07) is 23.8. The number of Topliss-reactive ketones (excluding diaryl/α,β-unsaturated/α-hetero) is 1. The van der Waals surface area contributed by atoms with E-state index in [2.05, 4.69) is 6.58 Å². The fraction of sp³-hybridized carbons (Fsp3) is 0.324. The molecule has 5 rings (SSSR count). The zero-order valence-corrected chi connectivity index (χ0v) is 26.0.